The van der Waals surface area contributed by atoms with Gasteiger partial charge in [0.15, 0.2) is 5.96 Å². The van der Waals surface area contributed by atoms with Crippen LogP contribution in [-0.4, -0.2) is 56.9 Å². The number of hydrogen-bond donors (Lipinski definition) is 1. The lowest BCUT2D eigenvalue weighted by molar-refractivity contribution is 0.0411. The van der Waals surface area contributed by atoms with Gasteiger partial charge in [-0.3, -0.25) is 4.99 Å². The molecule has 2 aliphatic rings. The van der Waals surface area contributed by atoms with Crippen LogP contribution in [0.3, 0.4) is 0 Å². The van der Waals surface area contributed by atoms with Crippen LogP contribution >= 0.6 is 0 Å². The number of hydrogen-bond acceptors (Lipinski definition) is 3. The van der Waals surface area contributed by atoms with Crippen LogP contribution in [0, 0.1) is 5.92 Å². The normalized spacial score (nSPS) is 21.0. The third-order valence-electron chi connectivity index (χ3n) is 6.27. The molecular weight excluding hydrogens is 374 g/mol. The second kappa shape index (κ2) is 13.7. The van der Waals surface area contributed by atoms with Crippen molar-refractivity contribution >= 4 is 5.96 Å². The summed E-state index contributed by atoms with van der Waals surface area (Å²) < 4.78 is 12.0. The van der Waals surface area contributed by atoms with Crippen LogP contribution in [0.25, 0.3) is 0 Å². The molecule has 168 valence electrons. The van der Waals surface area contributed by atoms with Gasteiger partial charge in [-0.05, 0) is 37.7 Å². The number of likely N-dealkylation sites (tertiary alicyclic amines) is 1. The summed E-state index contributed by atoms with van der Waals surface area (Å²) in [7, 11) is 1.89. The molecule has 1 aliphatic carbocycles. The minimum atomic E-state index is 0.513. The molecule has 0 radical (unpaired) electrons. The number of benzene rings is 1. The Labute approximate surface area is 183 Å². The third-order valence-corrected chi connectivity index (χ3v) is 6.27. The van der Waals surface area contributed by atoms with E-state index >= 15 is 0 Å². The Morgan fingerprint density at radius 1 is 1.07 bits per heavy atom. The Kier molecular flexibility index (Phi) is 10.5. The lowest BCUT2D eigenvalue weighted by Gasteiger charge is -2.22. The number of nitrogens with one attached hydrogen (secondary N) is 1. The minimum absolute atomic E-state index is 0.513. The Hall–Kier alpha value is -1.59. The van der Waals surface area contributed by atoms with Gasteiger partial charge in [-0.2, -0.15) is 0 Å². The molecule has 1 saturated carbocycles. The molecule has 0 bridgehead atoms. The van der Waals surface area contributed by atoms with Gasteiger partial charge in [0.1, 0.15) is 0 Å². The Bertz CT molecular complexity index is 600. The van der Waals surface area contributed by atoms with Crippen LogP contribution in [0.5, 0.6) is 0 Å². The summed E-state index contributed by atoms with van der Waals surface area (Å²) in [6, 6.07) is 10.4. The molecule has 2 fully saturated rings. The quantitative estimate of drug-likeness (QED) is 0.262. The number of aliphatic imine (C=N–C) groups is 1. The van der Waals surface area contributed by atoms with E-state index in [0.29, 0.717) is 18.6 Å². The minimum Gasteiger partial charge on any atom is -0.378 e. The predicted octanol–water partition coefficient (Wildman–Crippen LogP) is 4.62. The Morgan fingerprint density at radius 3 is 2.63 bits per heavy atom. The van der Waals surface area contributed by atoms with Gasteiger partial charge in [-0.15, -0.1) is 0 Å². The van der Waals surface area contributed by atoms with Gasteiger partial charge >= 0.3 is 0 Å². The molecule has 1 aliphatic heterocycles. The Balaban J connectivity index is 1.24. The average molecular weight is 416 g/mol. The van der Waals surface area contributed by atoms with E-state index in [4.69, 9.17) is 9.47 Å². The highest BCUT2D eigenvalue weighted by Crippen LogP contribution is 2.20. The first-order valence-electron chi connectivity index (χ1n) is 12.0. The lowest BCUT2D eigenvalue weighted by Crippen LogP contribution is -2.40. The van der Waals surface area contributed by atoms with Gasteiger partial charge in [-0.25, -0.2) is 0 Å². The number of guanidine groups is 1. The SMILES string of the molecule is CN=C(NCCCCOC1CCCCCC1)N1CCC(COCc2ccccc2)C1. The maximum absolute atomic E-state index is 6.10. The van der Waals surface area contributed by atoms with Crippen molar-refractivity contribution in [1.29, 1.82) is 0 Å². The summed E-state index contributed by atoms with van der Waals surface area (Å²) in [5, 5.41) is 3.54. The molecular formula is C25H41N3O2. The van der Waals surface area contributed by atoms with Crippen molar-refractivity contribution in [3.63, 3.8) is 0 Å². The molecule has 5 heteroatoms. The van der Waals surface area contributed by atoms with Crippen molar-refractivity contribution in [2.45, 2.75) is 70.5 Å². The standard InChI is InChI=1S/C25H41N3O2/c1-26-25(27-16-9-10-18-30-24-13-7-2-3-8-14-24)28-17-15-23(19-28)21-29-20-22-11-5-4-6-12-22/h4-6,11-12,23-24H,2-3,7-10,13-21H2,1H3,(H,26,27). The van der Waals surface area contributed by atoms with Gasteiger partial charge < -0.3 is 19.7 Å². The van der Waals surface area contributed by atoms with E-state index in [1.165, 1.54) is 50.5 Å². The summed E-state index contributed by atoms with van der Waals surface area (Å²) in [6.07, 6.45) is 11.9. The molecule has 30 heavy (non-hydrogen) atoms. The molecule has 3 rings (SSSR count). The molecule has 0 spiro atoms. The fourth-order valence-electron chi connectivity index (χ4n) is 4.50. The highest BCUT2D eigenvalue weighted by atomic mass is 16.5. The average Bonchev–Trinajstić information content (AvgIpc) is 3.08. The Morgan fingerprint density at radius 2 is 1.87 bits per heavy atom. The van der Waals surface area contributed by atoms with E-state index in [-0.39, 0.29) is 0 Å². The van der Waals surface area contributed by atoms with Crippen molar-refractivity contribution in [2.75, 3.05) is 39.9 Å². The van der Waals surface area contributed by atoms with Gasteiger partial charge in [0, 0.05) is 39.2 Å². The number of unbranched alkanes of at least 4 members (excludes halogenated alkanes) is 1. The number of nitrogens with zero attached hydrogens (tertiary/aromatic N) is 2. The monoisotopic (exact) mass is 415 g/mol. The molecule has 0 aromatic heterocycles. The van der Waals surface area contributed by atoms with Crippen molar-refractivity contribution in [1.82, 2.24) is 10.2 Å². The zero-order valence-corrected chi connectivity index (χ0v) is 18.9. The highest BCUT2D eigenvalue weighted by Gasteiger charge is 2.24. The maximum atomic E-state index is 6.10. The summed E-state index contributed by atoms with van der Waals surface area (Å²) in [5.74, 6) is 1.62. The van der Waals surface area contributed by atoms with E-state index in [2.05, 4.69) is 39.5 Å². The van der Waals surface area contributed by atoms with Crippen LogP contribution in [0.4, 0.5) is 0 Å². The van der Waals surface area contributed by atoms with Gasteiger partial charge in [0.2, 0.25) is 0 Å². The van der Waals surface area contributed by atoms with Gasteiger partial charge in [0.25, 0.3) is 0 Å². The van der Waals surface area contributed by atoms with Crippen molar-refractivity contribution in [2.24, 2.45) is 10.9 Å². The molecule has 1 aromatic carbocycles. The molecule has 5 nitrogen and oxygen atoms in total. The molecule has 1 aromatic rings. The van der Waals surface area contributed by atoms with Crippen molar-refractivity contribution < 1.29 is 9.47 Å². The second-order valence-electron chi connectivity index (χ2n) is 8.77. The molecule has 1 saturated heterocycles. The van der Waals surface area contributed by atoms with Gasteiger partial charge in [-0.1, -0.05) is 56.0 Å². The van der Waals surface area contributed by atoms with Crippen LogP contribution in [0.2, 0.25) is 0 Å². The maximum Gasteiger partial charge on any atom is 0.193 e. The second-order valence-corrected chi connectivity index (χ2v) is 8.77. The molecule has 1 heterocycles. The van der Waals surface area contributed by atoms with Gasteiger partial charge in [0.05, 0.1) is 19.3 Å². The summed E-state index contributed by atoms with van der Waals surface area (Å²) in [4.78, 5) is 6.87. The first-order valence-corrected chi connectivity index (χ1v) is 12.0. The van der Waals surface area contributed by atoms with Crippen LogP contribution in [-0.2, 0) is 16.1 Å². The zero-order chi connectivity index (χ0) is 20.9. The number of ether oxygens (including phenoxy) is 2. The van der Waals surface area contributed by atoms with Crippen LogP contribution in [0.1, 0.15) is 63.4 Å². The van der Waals surface area contributed by atoms with E-state index in [1.807, 2.05) is 13.1 Å². The summed E-state index contributed by atoms with van der Waals surface area (Å²) >= 11 is 0. The summed E-state index contributed by atoms with van der Waals surface area (Å²) in [6.45, 7) is 5.47. The third kappa shape index (κ3) is 8.27. The van der Waals surface area contributed by atoms with Crippen molar-refractivity contribution in [3.8, 4) is 0 Å². The zero-order valence-electron chi connectivity index (χ0n) is 18.9. The topological polar surface area (TPSA) is 46.1 Å². The summed E-state index contributed by atoms with van der Waals surface area (Å²) in [5.41, 5.74) is 1.24. The first kappa shape index (κ1) is 23.1. The largest absolute Gasteiger partial charge is 0.378 e. The predicted molar refractivity (Wildman–Crippen MR) is 124 cm³/mol. The van der Waals surface area contributed by atoms with E-state index in [1.54, 1.807) is 0 Å². The van der Waals surface area contributed by atoms with E-state index in [0.717, 1.165) is 51.6 Å². The van der Waals surface area contributed by atoms with E-state index < -0.39 is 0 Å². The van der Waals surface area contributed by atoms with Crippen molar-refractivity contribution in [3.05, 3.63) is 35.9 Å². The fourth-order valence-corrected chi connectivity index (χ4v) is 4.50. The van der Waals surface area contributed by atoms with Crippen LogP contribution in [0.15, 0.2) is 35.3 Å². The lowest BCUT2D eigenvalue weighted by atomic mass is 10.1. The highest BCUT2D eigenvalue weighted by molar-refractivity contribution is 5.80. The fraction of sp³-hybridized carbons (Fsp3) is 0.720. The molecule has 1 N–H and O–H groups in total. The molecule has 0 amide bonds. The number of rotatable bonds is 10. The molecule has 1 atom stereocenters. The van der Waals surface area contributed by atoms with Crippen LogP contribution < -0.4 is 5.32 Å². The molecule has 1 unspecified atom stereocenters. The van der Waals surface area contributed by atoms with E-state index in [9.17, 15) is 0 Å². The smallest absolute Gasteiger partial charge is 0.193 e. The first-order chi connectivity index (χ1) is 14.8.